The van der Waals surface area contributed by atoms with Gasteiger partial charge in [-0.15, -0.1) is 0 Å². The summed E-state index contributed by atoms with van der Waals surface area (Å²) >= 11 is 0. The highest BCUT2D eigenvalue weighted by molar-refractivity contribution is 7.89. The van der Waals surface area contributed by atoms with Gasteiger partial charge in [-0.3, -0.25) is 14.4 Å². The lowest BCUT2D eigenvalue weighted by Gasteiger charge is -2.32. The van der Waals surface area contributed by atoms with Crippen LogP contribution in [0.2, 0.25) is 0 Å². The molecule has 166 valence electrons. The number of sulfonamides is 1. The SMILES string of the molecule is CC(=O)c1ccc(S(=O)(=O)N[C@@H](C)C(=O)O[C@H](C)C(=O)N(C)C2CCCCC2)cc1. The van der Waals surface area contributed by atoms with Crippen LogP contribution < -0.4 is 4.72 Å². The largest absolute Gasteiger partial charge is 0.451 e. The van der Waals surface area contributed by atoms with E-state index in [0.29, 0.717) is 5.56 Å². The molecular weight excluding hydrogens is 408 g/mol. The molecule has 1 aliphatic carbocycles. The van der Waals surface area contributed by atoms with E-state index in [4.69, 9.17) is 4.74 Å². The fourth-order valence-corrected chi connectivity index (χ4v) is 4.67. The number of hydrogen-bond acceptors (Lipinski definition) is 6. The van der Waals surface area contributed by atoms with Crippen LogP contribution in [0.1, 0.15) is 63.2 Å². The smallest absolute Gasteiger partial charge is 0.324 e. The highest BCUT2D eigenvalue weighted by atomic mass is 32.2. The van der Waals surface area contributed by atoms with Gasteiger partial charge in [0.05, 0.1) is 4.90 Å². The van der Waals surface area contributed by atoms with Crippen molar-refractivity contribution in [1.29, 1.82) is 0 Å². The predicted molar refractivity (Wildman–Crippen MR) is 111 cm³/mol. The van der Waals surface area contributed by atoms with E-state index in [-0.39, 0.29) is 22.6 Å². The van der Waals surface area contributed by atoms with E-state index >= 15 is 0 Å². The van der Waals surface area contributed by atoms with Crippen molar-refractivity contribution in [3.8, 4) is 0 Å². The lowest BCUT2D eigenvalue weighted by molar-refractivity contribution is -0.160. The molecule has 2 atom stereocenters. The average Bonchev–Trinajstić information content (AvgIpc) is 2.72. The first-order chi connectivity index (χ1) is 14.0. The molecule has 30 heavy (non-hydrogen) atoms. The van der Waals surface area contributed by atoms with Crippen molar-refractivity contribution >= 4 is 27.7 Å². The summed E-state index contributed by atoms with van der Waals surface area (Å²) in [7, 11) is -2.29. The number of Topliss-reactive ketones (excluding diaryl/α,β-unsaturated/α-hetero) is 1. The van der Waals surface area contributed by atoms with Crippen molar-refractivity contribution < 1.29 is 27.5 Å². The summed E-state index contributed by atoms with van der Waals surface area (Å²) in [5.41, 5.74) is 0.385. The molecule has 1 amide bonds. The van der Waals surface area contributed by atoms with Crippen LogP contribution in [0.4, 0.5) is 0 Å². The first kappa shape index (κ1) is 24.0. The zero-order valence-electron chi connectivity index (χ0n) is 17.9. The van der Waals surface area contributed by atoms with E-state index in [9.17, 15) is 22.8 Å². The van der Waals surface area contributed by atoms with E-state index in [1.165, 1.54) is 45.0 Å². The minimum Gasteiger partial charge on any atom is -0.451 e. The second-order valence-corrected chi connectivity index (χ2v) is 9.46. The minimum atomic E-state index is -3.99. The number of nitrogens with zero attached hydrogens (tertiary/aromatic N) is 1. The molecule has 0 aromatic heterocycles. The molecule has 1 aliphatic rings. The van der Waals surface area contributed by atoms with Crippen LogP contribution in [0.5, 0.6) is 0 Å². The number of nitrogens with one attached hydrogen (secondary N) is 1. The molecule has 0 heterocycles. The van der Waals surface area contributed by atoms with Crippen molar-refractivity contribution in [2.24, 2.45) is 0 Å². The molecular formula is C21H30N2O6S. The third-order valence-corrected chi connectivity index (χ3v) is 6.92. The molecule has 1 N–H and O–H groups in total. The second kappa shape index (κ2) is 10.2. The van der Waals surface area contributed by atoms with E-state index < -0.39 is 28.1 Å². The summed E-state index contributed by atoms with van der Waals surface area (Å²) < 4.78 is 32.4. The topological polar surface area (TPSA) is 110 Å². The van der Waals surface area contributed by atoms with Crippen LogP contribution >= 0.6 is 0 Å². The maximum absolute atomic E-state index is 12.6. The Morgan fingerprint density at radius 3 is 2.17 bits per heavy atom. The molecule has 0 spiro atoms. The fraction of sp³-hybridized carbons (Fsp3) is 0.571. The van der Waals surface area contributed by atoms with Gasteiger partial charge in [0.15, 0.2) is 11.9 Å². The summed E-state index contributed by atoms with van der Waals surface area (Å²) in [6.07, 6.45) is 4.17. The summed E-state index contributed by atoms with van der Waals surface area (Å²) in [6, 6.07) is 4.35. The third-order valence-electron chi connectivity index (χ3n) is 5.37. The lowest BCUT2D eigenvalue weighted by atomic mass is 9.94. The van der Waals surface area contributed by atoms with Gasteiger partial charge in [-0.05, 0) is 45.7 Å². The number of ketones is 1. The van der Waals surface area contributed by atoms with Crippen molar-refractivity contribution in [3.05, 3.63) is 29.8 Å². The molecule has 1 aromatic rings. The Morgan fingerprint density at radius 1 is 1.07 bits per heavy atom. The Balaban J connectivity index is 1.95. The minimum absolute atomic E-state index is 0.0756. The van der Waals surface area contributed by atoms with Crippen molar-refractivity contribution in [2.45, 2.75) is 76.0 Å². The lowest BCUT2D eigenvalue weighted by Crippen LogP contribution is -2.46. The van der Waals surface area contributed by atoms with Crippen LogP contribution in [0, 0.1) is 0 Å². The maximum atomic E-state index is 12.6. The molecule has 1 fully saturated rings. The number of carbonyl (C=O) groups excluding carboxylic acids is 3. The number of esters is 1. The standard InChI is InChI=1S/C21H30N2O6S/c1-14(22-30(27,28)19-12-10-17(11-13-19)15(2)24)21(26)29-16(3)20(25)23(4)18-8-6-5-7-9-18/h10-14,16,18,22H,5-9H2,1-4H3/t14-,16+/m0/s1. The van der Waals surface area contributed by atoms with Gasteiger partial charge in [0.1, 0.15) is 6.04 Å². The van der Waals surface area contributed by atoms with Gasteiger partial charge in [0.25, 0.3) is 5.91 Å². The van der Waals surface area contributed by atoms with Gasteiger partial charge in [0, 0.05) is 18.7 Å². The van der Waals surface area contributed by atoms with Crippen LogP contribution in [0.25, 0.3) is 0 Å². The highest BCUT2D eigenvalue weighted by Gasteiger charge is 2.30. The molecule has 0 aliphatic heterocycles. The molecule has 0 saturated heterocycles. The summed E-state index contributed by atoms with van der Waals surface area (Å²) in [4.78, 5) is 37.8. The van der Waals surface area contributed by atoms with Crippen LogP contribution in [-0.4, -0.2) is 56.2 Å². The molecule has 9 heteroatoms. The number of rotatable bonds is 8. The summed E-state index contributed by atoms with van der Waals surface area (Å²) in [5.74, 6) is -1.32. The number of likely N-dealkylation sites (N-methyl/N-ethyl adjacent to an activating group) is 1. The Bertz CT molecular complexity index is 875. The van der Waals surface area contributed by atoms with E-state index in [1.807, 2.05) is 0 Å². The average molecular weight is 439 g/mol. The highest BCUT2D eigenvalue weighted by Crippen LogP contribution is 2.22. The van der Waals surface area contributed by atoms with E-state index in [2.05, 4.69) is 4.72 Å². The van der Waals surface area contributed by atoms with Gasteiger partial charge >= 0.3 is 5.97 Å². The Hall–Kier alpha value is -2.26. The van der Waals surface area contributed by atoms with Gasteiger partial charge in [-0.2, -0.15) is 4.72 Å². The van der Waals surface area contributed by atoms with Crippen molar-refractivity contribution in [1.82, 2.24) is 9.62 Å². The predicted octanol–water partition coefficient (Wildman–Crippen LogP) is 2.28. The zero-order chi connectivity index (χ0) is 22.5. The summed E-state index contributed by atoms with van der Waals surface area (Å²) in [6.45, 7) is 4.22. The quantitative estimate of drug-likeness (QED) is 0.493. The monoisotopic (exact) mass is 438 g/mol. The molecule has 0 radical (unpaired) electrons. The van der Waals surface area contributed by atoms with Gasteiger partial charge in [-0.25, -0.2) is 8.42 Å². The van der Waals surface area contributed by atoms with Gasteiger partial charge in [-0.1, -0.05) is 31.4 Å². The summed E-state index contributed by atoms with van der Waals surface area (Å²) in [5, 5.41) is 0. The second-order valence-electron chi connectivity index (χ2n) is 7.74. The fourth-order valence-electron chi connectivity index (χ4n) is 3.48. The zero-order valence-corrected chi connectivity index (χ0v) is 18.7. The Morgan fingerprint density at radius 2 is 1.63 bits per heavy atom. The number of benzene rings is 1. The Kier molecular flexibility index (Phi) is 8.14. The van der Waals surface area contributed by atoms with Crippen LogP contribution in [-0.2, 0) is 24.3 Å². The van der Waals surface area contributed by atoms with Crippen LogP contribution in [0.3, 0.4) is 0 Å². The molecule has 1 saturated carbocycles. The van der Waals surface area contributed by atoms with Crippen molar-refractivity contribution in [2.75, 3.05) is 7.05 Å². The number of hydrogen-bond donors (Lipinski definition) is 1. The third kappa shape index (κ3) is 6.12. The van der Waals surface area contributed by atoms with E-state index in [0.717, 1.165) is 32.1 Å². The molecule has 2 rings (SSSR count). The first-order valence-electron chi connectivity index (χ1n) is 10.1. The van der Waals surface area contributed by atoms with Gasteiger partial charge in [0.2, 0.25) is 10.0 Å². The number of carbonyl (C=O) groups is 3. The number of amides is 1. The molecule has 0 unspecified atom stereocenters. The number of ether oxygens (including phenoxy) is 1. The maximum Gasteiger partial charge on any atom is 0.324 e. The van der Waals surface area contributed by atoms with Gasteiger partial charge < -0.3 is 9.64 Å². The Labute approximate surface area is 178 Å². The normalized spacial score (nSPS) is 17.1. The first-order valence-corrected chi connectivity index (χ1v) is 11.6. The molecule has 0 bridgehead atoms. The molecule has 1 aromatic carbocycles. The van der Waals surface area contributed by atoms with Crippen LogP contribution in [0.15, 0.2) is 29.2 Å². The van der Waals surface area contributed by atoms with Crippen molar-refractivity contribution in [3.63, 3.8) is 0 Å². The molecule has 8 nitrogen and oxygen atoms in total. The van der Waals surface area contributed by atoms with E-state index in [1.54, 1.807) is 11.9 Å².